The van der Waals surface area contributed by atoms with Gasteiger partial charge in [-0.2, -0.15) is 0 Å². The molecule has 0 aliphatic carbocycles. The minimum absolute atomic E-state index is 0.330. The maximum absolute atomic E-state index is 11.9. The lowest BCUT2D eigenvalue weighted by Crippen LogP contribution is -2.24. The second-order valence-electron chi connectivity index (χ2n) is 4.74. The topological polar surface area (TPSA) is 72.2 Å². The van der Waals surface area contributed by atoms with E-state index in [2.05, 4.69) is 18.6 Å². The first kappa shape index (κ1) is 15.6. The SMILES string of the molecule is CC(C)CCCCNS(=O)(=O)c1csc(CN)c1. The van der Waals surface area contributed by atoms with Crippen molar-refractivity contribution in [3.63, 3.8) is 0 Å². The van der Waals surface area contributed by atoms with Gasteiger partial charge in [-0.25, -0.2) is 13.1 Å². The van der Waals surface area contributed by atoms with Gasteiger partial charge in [0.15, 0.2) is 0 Å². The van der Waals surface area contributed by atoms with Crippen LogP contribution in [0.25, 0.3) is 0 Å². The quantitative estimate of drug-likeness (QED) is 0.722. The van der Waals surface area contributed by atoms with E-state index in [-0.39, 0.29) is 0 Å². The van der Waals surface area contributed by atoms with Crippen molar-refractivity contribution in [2.75, 3.05) is 6.54 Å². The summed E-state index contributed by atoms with van der Waals surface area (Å²) in [6.45, 7) is 5.23. The third-order valence-electron chi connectivity index (χ3n) is 2.64. The van der Waals surface area contributed by atoms with Gasteiger partial charge in [0.05, 0.1) is 4.90 Å². The van der Waals surface area contributed by atoms with Gasteiger partial charge in [0.1, 0.15) is 0 Å². The predicted octanol–water partition coefficient (Wildman–Crippen LogP) is 2.31. The lowest BCUT2D eigenvalue weighted by molar-refractivity contribution is 0.530. The second-order valence-corrected chi connectivity index (χ2v) is 7.50. The van der Waals surface area contributed by atoms with Crippen molar-refractivity contribution in [2.24, 2.45) is 11.7 Å². The molecule has 0 aliphatic rings. The second kappa shape index (κ2) is 7.23. The molecule has 0 saturated carbocycles. The van der Waals surface area contributed by atoms with E-state index in [1.54, 1.807) is 11.4 Å². The molecule has 0 fully saturated rings. The molecule has 0 atom stereocenters. The summed E-state index contributed by atoms with van der Waals surface area (Å²) < 4.78 is 26.5. The Morgan fingerprint density at radius 2 is 2.11 bits per heavy atom. The van der Waals surface area contributed by atoms with E-state index in [4.69, 9.17) is 5.73 Å². The van der Waals surface area contributed by atoms with Crippen molar-refractivity contribution in [1.82, 2.24) is 4.72 Å². The fourth-order valence-corrected chi connectivity index (χ4v) is 3.81. The summed E-state index contributed by atoms with van der Waals surface area (Å²) in [5.74, 6) is 0.672. The van der Waals surface area contributed by atoms with E-state index in [0.29, 0.717) is 23.9 Å². The van der Waals surface area contributed by atoms with Gasteiger partial charge in [0.2, 0.25) is 10.0 Å². The minimum atomic E-state index is -3.35. The Labute approximate surface area is 114 Å². The highest BCUT2D eigenvalue weighted by atomic mass is 32.2. The van der Waals surface area contributed by atoms with E-state index >= 15 is 0 Å². The van der Waals surface area contributed by atoms with Crippen LogP contribution in [0.5, 0.6) is 0 Å². The highest BCUT2D eigenvalue weighted by Crippen LogP contribution is 2.18. The summed E-state index contributed by atoms with van der Waals surface area (Å²) in [7, 11) is -3.35. The standard InChI is InChI=1S/C12H22N2O2S2/c1-10(2)5-3-4-6-14-18(15,16)12-7-11(8-13)17-9-12/h7,9-10,14H,3-6,8,13H2,1-2H3. The van der Waals surface area contributed by atoms with E-state index in [1.807, 2.05) is 0 Å². The first-order valence-electron chi connectivity index (χ1n) is 6.23. The molecule has 0 aromatic carbocycles. The van der Waals surface area contributed by atoms with Gasteiger partial charge < -0.3 is 5.73 Å². The average molecular weight is 290 g/mol. The van der Waals surface area contributed by atoms with Gasteiger partial charge in [-0.15, -0.1) is 11.3 Å². The first-order chi connectivity index (χ1) is 8.45. The lowest BCUT2D eigenvalue weighted by atomic mass is 10.1. The highest BCUT2D eigenvalue weighted by molar-refractivity contribution is 7.89. The molecule has 6 heteroatoms. The Morgan fingerprint density at radius 3 is 2.67 bits per heavy atom. The zero-order valence-electron chi connectivity index (χ0n) is 11.0. The molecule has 0 radical (unpaired) electrons. The maximum atomic E-state index is 11.9. The molecule has 0 amide bonds. The monoisotopic (exact) mass is 290 g/mol. The van der Waals surface area contributed by atoms with Crippen molar-refractivity contribution >= 4 is 21.4 Å². The fourth-order valence-electron chi connectivity index (χ4n) is 1.58. The minimum Gasteiger partial charge on any atom is -0.326 e. The molecule has 104 valence electrons. The van der Waals surface area contributed by atoms with Gasteiger partial charge in [-0.05, 0) is 18.4 Å². The molecule has 1 aromatic heterocycles. The number of hydrogen-bond donors (Lipinski definition) is 2. The molecule has 1 rings (SSSR count). The number of sulfonamides is 1. The highest BCUT2D eigenvalue weighted by Gasteiger charge is 2.14. The predicted molar refractivity (Wildman–Crippen MR) is 76.1 cm³/mol. The van der Waals surface area contributed by atoms with E-state index in [0.717, 1.165) is 24.1 Å². The summed E-state index contributed by atoms with van der Waals surface area (Å²) in [4.78, 5) is 1.21. The first-order valence-corrected chi connectivity index (χ1v) is 8.59. The molecule has 0 unspecified atom stereocenters. The summed E-state index contributed by atoms with van der Waals surface area (Å²) in [6, 6.07) is 1.64. The zero-order chi connectivity index (χ0) is 13.6. The molecule has 0 aliphatic heterocycles. The van der Waals surface area contributed by atoms with Crippen LogP contribution in [-0.2, 0) is 16.6 Å². The van der Waals surface area contributed by atoms with Crippen molar-refractivity contribution < 1.29 is 8.42 Å². The van der Waals surface area contributed by atoms with E-state index in [1.165, 1.54) is 11.3 Å². The van der Waals surface area contributed by atoms with Gasteiger partial charge in [-0.1, -0.05) is 26.7 Å². The lowest BCUT2D eigenvalue weighted by Gasteiger charge is -2.06. The van der Waals surface area contributed by atoms with E-state index in [9.17, 15) is 8.42 Å². The molecule has 1 heterocycles. The third-order valence-corrected chi connectivity index (χ3v) is 5.19. The summed E-state index contributed by atoms with van der Waals surface area (Å²) in [6.07, 6.45) is 3.07. The summed E-state index contributed by atoms with van der Waals surface area (Å²) in [5, 5.41) is 1.64. The molecule has 3 N–H and O–H groups in total. The Balaban J connectivity index is 2.40. The van der Waals surface area contributed by atoms with Crippen LogP contribution in [0, 0.1) is 5.92 Å². The van der Waals surface area contributed by atoms with Gasteiger partial charge in [0.25, 0.3) is 0 Å². The van der Waals surface area contributed by atoms with Crippen LogP contribution in [0.2, 0.25) is 0 Å². The summed E-state index contributed by atoms with van der Waals surface area (Å²) >= 11 is 1.38. The van der Waals surface area contributed by atoms with Crippen molar-refractivity contribution in [3.8, 4) is 0 Å². The van der Waals surface area contributed by atoms with Gasteiger partial charge in [0, 0.05) is 23.3 Å². The Kier molecular flexibility index (Phi) is 6.28. The Morgan fingerprint density at radius 1 is 1.39 bits per heavy atom. The molecule has 18 heavy (non-hydrogen) atoms. The largest absolute Gasteiger partial charge is 0.326 e. The molecule has 0 bridgehead atoms. The molecule has 1 aromatic rings. The van der Waals surface area contributed by atoms with Crippen molar-refractivity contribution in [3.05, 3.63) is 16.3 Å². The van der Waals surface area contributed by atoms with Crippen LogP contribution >= 0.6 is 11.3 Å². The van der Waals surface area contributed by atoms with Gasteiger partial charge >= 0.3 is 0 Å². The van der Waals surface area contributed by atoms with Crippen molar-refractivity contribution in [2.45, 2.75) is 44.6 Å². The number of thiophene rings is 1. The number of nitrogens with two attached hydrogens (primary N) is 1. The average Bonchev–Trinajstić information content (AvgIpc) is 2.77. The summed E-state index contributed by atoms with van der Waals surface area (Å²) in [5.41, 5.74) is 5.47. The van der Waals surface area contributed by atoms with Crippen LogP contribution in [-0.4, -0.2) is 15.0 Å². The molecular formula is C12H22N2O2S2. The van der Waals surface area contributed by atoms with Crippen LogP contribution < -0.4 is 10.5 Å². The molecule has 0 spiro atoms. The number of hydrogen-bond acceptors (Lipinski definition) is 4. The Hall–Kier alpha value is -0.430. The van der Waals surface area contributed by atoms with Gasteiger partial charge in [-0.3, -0.25) is 0 Å². The Bertz CT molecular complexity index is 452. The number of nitrogens with one attached hydrogen (secondary N) is 1. The van der Waals surface area contributed by atoms with E-state index < -0.39 is 10.0 Å². The zero-order valence-corrected chi connectivity index (χ0v) is 12.6. The molecule has 4 nitrogen and oxygen atoms in total. The number of rotatable bonds is 8. The molecular weight excluding hydrogens is 268 g/mol. The van der Waals surface area contributed by atoms with Crippen molar-refractivity contribution in [1.29, 1.82) is 0 Å². The third kappa shape index (κ3) is 5.06. The number of unbranched alkanes of at least 4 members (excludes halogenated alkanes) is 1. The molecule has 0 saturated heterocycles. The van der Waals surface area contributed by atoms with Crippen LogP contribution in [0.1, 0.15) is 38.0 Å². The van der Waals surface area contributed by atoms with Crippen LogP contribution in [0.4, 0.5) is 0 Å². The smallest absolute Gasteiger partial charge is 0.241 e. The van der Waals surface area contributed by atoms with Crippen LogP contribution in [0.15, 0.2) is 16.3 Å². The fraction of sp³-hybridized carbons (Fsp3) is 0.667. The normalized spacial score (nSPS) is 12.2. The maximum Gasteiger partial charge on any atom is 0.241 e. The van der Waals surface area contributed by atoms with Crippen LogP contribution in [0.3, 0.4) is 0 Å².